The van der Waals surface area contributed by atoms with Crippen LogP contribution >= 0.6 is 12.4 Å². The monoisotopic (exact) mass is 282 g/mol. The van der Waals surface area contributed by atoms with Gasteiger partial charge in [-0.05, 0) is 56.4 Å². The van der Waals surface area contributed by atoms with Gasteiger partial charge in [0.1, 0.15) is 0 Å². The van der Waals surface area contributed by atoms with Gasteiger partial charge in [-0.2, -0.15) is 0 Å². The summed E-state index contributed by atoms with van der Waals surface area (Å²) in [7, 11) is 1.86. The van der Waals surface area contributed by atoms with E-state index >= 15 is 0 Å². The summed E-state index contributed by atoms with van der Waals surface area (Å²) in [5.41, 5.74) is 9.24. The number of carbonyl (C=O) groups is 1. The van der Waals surface area contributed by atoms with Crippen molar-refractivity contribution < 1.29 is 4.79 Å². The Hall–Kier alpha value is -1.06. The predicted molar refractivity (Wildman–Crippen MR) is 81.9 cm³/mol. The average Bonchev–Trinajstić information content (AvgIpc) is 2.72. The van der Waals surface area contributed by atoms with E-state index < -0.39 is 0 Å². The minimum Gasteiger partial charge on any atom is -0.328 e. The number of amides is 1. The number of carbonyl (C=O) groups excluding carboxylic acids is 1. The Morgan fingerprint density at radius 1 is 1.21 bits per heavy atom. The van der Waals surface area contributed by atoms with Crippen molar-refractivity contribution in [3.05, 3.63) is 29.3 Å². The zero-order valence-corrected chi connectivity index (χ0v) is 12.7. The van der Waals surface area contributed by atoms with Gasteiger partial charge in [-0.1, -0.05) is 6.07 Å². The Morgan fingerprint density at radius 2 is 1.79 bits per heavy atom. The maximum absolute atomic E-state index is 12.4. The molecule has 0 aliphatic heterocycles. The number of nitrogens with zero attached hydrogens (tertiary/aromatic N) is 1. The van der Waals surface area contributed by atoms with Gasteiger partial charge in [0.05, 0.1) is 0 Å². The molecule has 2 unspecified atom stereocenters. The van der Waals surface area contributed by atoms with E-state index in [0.717, 1.165) is 24.9 Å². The van der Waals surface area contributed by atoms with Gasteiger partial charge in [-0.15, -0.1) is 12.4 Å². The summed E-state index contributed by atoms with van der Waals surface area (Å²) in [5, 5.41) is 0. The van der Waals surface area contributed by atoms with Gasteiger partial charge in [0.2, 0.25) is 5.91 Å². The first-order valence-electron chi connectivity index (χ1n) is 6.59. The van der Waals surface area contributed by atoms with E-state index in [9.17, 15) is 4.79 Å². The molecule has 1 aromatic carbocycles. The quantitative estimate of drug-likeness (QED) is 0.907. The van der Waals surface area contributed by atoms with Crippen molar-refractivity contribution in [2.24, 2.45) is 11.7 Å². The van der Waals surface area contributed by atoms with Gasteiger partial charge in [0.25, 0.3) is 0 Å². The maximum Gasteiger partial charge on any atom is 0.229 e. The lowest BCUT2D eigenvalue weighted by Crippen LogP contribution is -2.32. The second-order valence-electron chi connectivity index (χ2n) is 5.51. The molecule has 106 valence electrons. The van der Waals surface area contributed by atoms with E-state index in [2.05, 4.69) is 32.0 Å². The standard InChI is InChI=1S/C15H22N2O.ClH/c1-10-6-11(2)8-14(7-10)17(3)15(18)12-4-5-13(16)9-12;/h6-8,12-13H,4-5,9,16H2,1-3H3;1H. The van der Waals surface area contributed by atoms with E-state index in [4.69, 9.17) is 5.73 Å². The molecule has 3 nitrogen and oxygen atoms in total. The molecule has 0 aromatic heterocycles. The molecule has 1 aliphatic carbocycles. The highest BCUT2D eigenvalue weighted by Gasteiger charge is 2.30. The van der Waals surface area contributed by atoms with Crippen LogP contribution in [0.15, 0.2) is 18.2 Å². The van der Waals surface area contributed by atoms with Crippen LogP contribution in [-0.2, 0) is 4.79 Å². The molecular formula is C15H23ClN2O. The number of hydrogen-bond donors (Lipinski definition) is 1. The third-order valence-electron chi connectivity index (χ3n) is 3.75. The van der Waals surface area contributed by atoms with Crippen molar-refractivity contribution in [1.29, 1.82) is 0 Å². The van der Waals surface area contributed by atoms with Gasteiger partial charge >= 0.3 is 0 Å². The molecule has 0 heterocycles. The zero-order valence-electron chi connectivity index (χ0n) is 11.8. The van der Waals surface area contributed by atoms with Crippen LogP contribution in [0.3, 0.4) is 0 Å². The highest BCUT2D eigenvalue weighted by Crippen LogP contribution is 2.28. The van der Waals surface area contributed by atoms with Crippen LogP contribution in [-0.4, -0.2) is 19.0 Å². The largest absolute Gasteiger partial charge is 0.328 e. The molecule has 2 atom stereocenters. The summed E-state index contributed by atoms with van der Waals surface area (Å²) in [6.45, 7) is 4.11. The van der Waals surface area contributed by atoms with Crippen molar-refractivity contribution in [1.82, 2.24) is 0 Å². The average molecular weight is 283 g/mol. The van der Waals surface area contributed by atoms with Gasteiger partial charge in [0, 0.05) is 24.7 Å². The SMILES string of the molecule is Cc1cc(C)cc(N(C)C(=O)C2CCC(N)C2)c1.Cl. The van der Waals surface area contributed by atoms with E-state index in [1.54, 1.807) is 4.90 Å². The van der Waals surface area contributed by atoms with Crippen LogP contribution < -0.4 is 10.6 Å². The van der Waals surface area contributed by atoms with E-state index in [1.165, 1.54) is 11.1 Å². The van der Waals surface area contributed by atoms with Crippen LogP contribution in [0.5, 0.6) is 0 Å². The number of halogens is 1. The smallest absolute Gasteiger partial charge is 0.229 e. The Morgan fingerprint density at radius 3 is 2.26 bits per heavy atom. The lowest BCUT2D eigenvalue weighted by molar-refractivity contribution is -0.121. The fourth-order valence-electron chi connectivity index (χ4n) is 2.79. The molecule has 0 spiro atoms. The number of aryl methyl sites for hydroxylation is 2. The summed E-state index contributed by atoms with van der Waals surface area (Å²) in [6.07, 6.45) is 2.72. The van der Waals surface area contributed by atoms with Crippen molar-refractivity contribution in [3.8, 4) is 0 Å². The van der Waals surface area contributed by atoms with Crippen LogP contribution in [0.25, 0.3) is 0 Å². The van der Waals surface area contributed by atoms with Crippen molar-refractivity contribution in [2.45, 2.75) is 39.2 Å². The molecule has 1 aromatic rings. The summed E-state index contributed by atoms with van der Waals surface area (Å²) in [6, 6.07) is 6.43. The molecule has 2 rings (SSSR count). The first-order valence-corrected chi connectivity index (χ1v) is 6.59. The lowest BCUT2D eigenvalue weighted by atomic mass is 10.1. The van der Waals surface area contributed by atoms with Crippen molar-refractivity contribution in [2.75, 3.05) is 11.9 Å². The third kappa shape index (κ3) is 3.71. The van der Waals surface area contributed by atoms with Crippen LogP contribution in [0.1, 0.15) is 30.4 Å². The summed E-state index contributed by atoms with van der Waals surface area (Å²) in [5.74, 6) is 0.304. The fraction of sp³-hybridized carbons (Fsp3) is 0.533. The lowest BCUT2D eigenvalue weighted by Gasteiger charge is -2.22. The number of hydrogen-bond acceptors (Lipinski definition) is 2. The van der Waals surface area contributed by atoms with E-state index in [0.29, 0.717) is 0 Å². The highest BCUT2D eigenvalue weighted by molar-refractivity contribution is 5.94. The highest BCUT2D eigenvalue weighted by atomic mass is 35.5. The van der Waals surface area contributed by atoms with E-state index in [-0.39, 0.29) is 30.3 Å². The van der Waals surface area contributed by atoms with Gasteiger partial charge < -0.3 is 10.6 Å². The Kier molecular flexibility index (Phi) is 5.39. The second-order valence-corrected chi connectivity index (χ2v) is 5.51. The first kappa shape index (κ1) is 16.0. The molecule has 0 saturated heterocycles. The molecule has 1 fully saturated rings. The first-order chi connectivity index (χ1) is 8.47. The maximum atomic E-state index is 12.4. The molecule has 19 heavy (non-hydrogen) atoms. The summed E-state index contributed by atoms with van der Waals surface area (Å²) in [4.78, 5) is 14.2. The molecule has 1 aliphatic rings. The second kappa shape index (κ2) is 6.40. The normalized spacial score (nSPS) is 21.9. The molecular weight excluding hydrogens is 260 g/mol. The predicted octanol–water partition coefficient (Wildman–Crippen LogP) is 2.82. The van der Waals surface area contributed by atoms with Crippen LogP contribution in [0, 0.1) is 19.8 Å². The van der Waals surface area contributed by atoms with Crippen molar-refractivity contribution in [3.63, 3.8) is 0 Å². The van der Waals surface area contributed by atoms with Crippen LogP contribution in [0.4, 0.5) is 5.69 Å². The number of benzene rings is 1. The molecule has 4 heteroatoms. The molecule has 0 bridgehead atoms. The van der Waals surface area contributed by atoms with Gasteiger partial charge in [-0.3, -0.25) is 4.79 Å². The molecule has 1 amide bonds. The molecule has 1 saturated carbocycles. The zero-order chi connectivity index (χ0) is 13.3. The number of rotatable bonds is 2. The minimum absolute atomic E-state index is 0. The van der Waals surface area contributed by atoms with Crippen molar-refractivity contribution >= 4 is 24.0 Å². The molecule has 0 radical (unpaired) electrons. The summed E-state index contributed by atoms with van der Waals surface area (Å²) >= 11 is 0. The van der Waals surface area contributed by atoms with E-state index in [1.807, 2.05) is 7.05 Å². The topological polar surface area (TPSA) is 46.3 Å². The Balaban J connectivity index is 0.00000180. The van der Waals surface area contributed by atoms with Gasteiger partial charge in [0.15, 0.2) is 0 Å². The van der Waals surface area contributed by atoms with Crippen LogP contribution in [0.2, 0.25) is 0 Å². The number of nitrogens with two attached hydrogens (primary N) is 1. The molecule has 2 N–H and O–H groups in total. The summed E-state index contributed by atoms with van der Waals surface area (Å²) < 4.78 is 0. The fourth-order valence-corrected chi connectivity index (χ4v) is 2.79. The third-order valence-corrected chi connectivity index (χ3v) is 3.75. The Labute approximate surface area is 121 Å². The minimum atomic E-state index is 0. The van der Waals surface area contributed by atoms with Gasteiger partial charge in [-0.25, -0.2) is 0 Å². The number of anilines is 1. The Bertz CT molecular complexity index is 441.